The molecule has 0 aliphatic heterocycles. The number of aliphatic carboxylic acids is 1. The van der Waals surface area contributed by atoms with Crippen molar-refractivity contribution in [3.63, 3.8) is 0 Å². The second-order valence-electron chi connectivity index (χ2n) is 8.70. The summed E-state index contributed by atoms with van der Waals surface area (Å²) in [5, 5.41) is 14.9. The zero-order valence-electron chi connectivity index (χ0n) is 21.8. The zero-order chi connectivity index (χ0) is 27.7. The molecule has 0 aliphatic rings. The van der Waals surface area contributed by atoms with E-state index in [1.807, 2.05) is 42.5 Å². The molecule has 200 valence electrons. The van der Waals surface area contributed by atoms with E-state index in [1.54, 1.807) is 24.3 Å². The summed E-state index contributed by atoms with van der Waals surface area (Å²) in [5.74, 6) is -1.62. The van der Waals surface area contributed by atoms with Crippen molar-refractivity contribution in [3.05, 3.63) is 77.9 Å². The summed E-state index contributed by atoms with van der Waals surface area (Å²) in [4.78, 5) is 37.6. The van der Waals surface area contributed by atoms with Crippen LogP contribution in [0.4, 0.5) is 0 Å². The number of carbonyl (C=O) groups excluding carboxylic acids is 2. The Balaban J connectivity index is 1.74. The average molecular weight is 521 g/mol. The number of hydrogen-bond acceptors (Lipinski definition) is 6. The van der Waals surface area contributed by atoms with Crippen molar-refractivity contribution < 1.29 is 33.7 Å². The predicted octanol–water partition coefficient (Wildman–Crippen LogP) is 3.91. The number of carboxylic acid groups (broad SMARTS) is 1. The third kappa shape index (κ3) is 7.03. The third-order valence-electron chi connectivity index (χ3n) is 6.08. The van der Waals surface area contributed by atoms with Crippen molar-refractivity contribution >= 4 is 17.8 Å². The second-order valence-corrected chi connectivity index (χ2v) is 8.70. The van der Waals surface area contributed by atoms with E-state index < -0.39 is 29.7 Å². The number of nitrogens with one attached hydrogen (secondary N) is 2. The molecule has 3 N–H and O–H groups in total. The first-order chi connectivity index (χ1) is 18.3. The van der Waals surface area contributed by atoms with E-state index in [2.05, 4.69) is 10.6 Å². The first-order valence-corrected chi connectivity index (χ1v) is 12.0. The van der Waals surface area contributed by atoms with Gasteiger partial charge in [0, 0.05) is 12.1 Å². The molecule has 0 saturated heterocycles. The van der Waals surface area contributed by atoms with Gasteiger partial charge in [-0.1, -0.05) is 49.4 Å². The maximum atomic E-state index is 13.1. The van der Waals surface area contributed by atoms with Crippen LogP contribution in [0.15, 0.2) is 66.7 Å². The van der Waals surface area contributed by atoms with Gasteiger partial charge in [0.15, 0.2) is 11.5 Å². The molecule has 0 aliphatic carbocycles. The van der Waals surface area contributed by atoms with E-state index >= 15 is 0 Å². The largest absolute Gasteiger partial charge is 0.493 e. The highest BCUT2D eigenvalue weighted by atomic mass is 16.5. The molecule has 3 aromatic rings. The maximum Gasteiger partial charge on any atom is 0.306 e. The lowest BCUT2D eigenvalue weighted by atomic mass is 10.00. The van der Waals surface area contributed by atoms with Gasteiger partial charge in [-0.3, -0.25) is 14.4 Å². The Bertz CT molecular complexity index is 1230. The molecule has 2 unspecified atom stereocenters. The van der Waals surface area contributed by atoms with Crippen molar-refractivity contribution in [1.82, 2.24) is 10.6 Å². The Labute approximate surface area is 221 Å². The van der Waals surface area contributed by atoms with Gasteiger partial charge in [-0.15, -0.1) is 0 Å². The Morgan fingerprint density at radius 2 is 1.42 bits per heavy atom. The number of carbonyl (C=O) groups is 3. The molecule has 0 heterocycles. The Kier molecular flexibility index (Phi) is 9.70. The van der Waals surface area contributed by atoms with Gasteiger partial charge in [-0.2, -0.15) is 0 Å². The molecule has 9 heteroatoms. The van der Waals surface area contributed by atoms with Crippen molar-refractivity contribution in [2.75, 3.05) is 21.3 Å². The summed E-state index contributed by atoms with van der Waals surface area (Å²) in [5.41, 5.74) is 2.98. The molecule has 0 bridgehead atoms. The lowest BCUT2D eigenvalue weighted by Gasteiger charge is -2.21. The zero-order valence-corrected chi connectivity index (χ0v) is 21.8. The van der Waals surface area contributed by atoms with Crippen LogP contribution in [0, 0.1) is 5.92 Å². The SMILES string of the molecule is COc1cc(CNC(=O)C(CC(C)C(=O)O)NC(=O)c2ccc(-c3ccccc3)cc2)cc(OC)c1OC. The quantitative estimate of drug-likeness (QED) is 0.331. The molecule has 0 aromatic heterocycles. The molecule has 0 saturated carbocycles. The standard InChI is InChI=1S/C29H32N2O7/c1-18(29(34)35)14-23(28(33)30-17-19-15-24(36-2)26(38-4)25(16-19)37-3)31-27(32)22-12-10-21(11-13-22)20-8-6-5-7-9-20/h5-13,15-16,18,23H,14,17H2,1-4H3,(H,30,33)(H,31,32)(H,34,35). The molecule has 38 heavy (non-hydrogen) atoms. The Morgan fingerprint density at radius 3 is 1.95 bits per heavy atom. The van der Waals surface area contributed by atoms with Crippen LogP contribution in [0.25, 0.3) is 11.1 Å². The van der Waals surface area contributed by atoms with E-state index in [0.717, 1.165) is 11.1 Å². The fraction of sp³-hybridized carbons (Fsp3) is 0.276. The van der Waals surface area contributed by atoms with Gasteiger partial charge in [0.1, 0.15) is 6.04 Å². The summed E-state index contributed by atoms with van der Waals surface area (Å²) >= 11 is 0. The summed E-state index contributed by atoms with van der Waals surface area (Å²) in [7, 11) is 4.48. The van der Waals surface area contributed by atoms with E-state index in [4.69, 9.17) is 14.2 Å². The highest BCUT2D eigenvalue weighted by Gasteiger charge is 2.26. The van der Waals surface area contributed by atoms with Gasteiger partial charge < -0.3 is 30.0 Å². The number of methoxy groups -OCH3 is 3. The van der Waals surface area contributed by atoms with Crippen LogP contribution in [0.1, 0.15) is 29.3 Å². The summed E-state index contributed by atoms with van der Waals surface area (Å²) < 4.78 is 16.0. The normalized spacial score (nSPS) is 12.1. The first kappa shape index (κ1) is 28.0. The highest BCUT2D eigenvalue weighted by molar-refractivity contribution is 5.98. The van der Waals surface area contributed by atoms with Crippen molar-refractivity contribution in [2.45, 2.75) is 25.9 Å². The molecule has 2 amide bonds. The predicted molar refractivity (Wildman–Crippen MR) is 142 cm³/mol. The monoisotopic (exact) mass is 520 g/mol. The second kappa shape index (κ2) is 13.1. The molecule has 9 nitrogen and oxygen atoms in total. The lowest BCUT2D eigenvalue weighted by Crippen LogP contribution is -2.47. The summed E-state index contributed by atoms with van der Waals surface area (Å²) in [6.07, 6.45) is -0.0791. The van der Waals surface area contributed by atoms with Crippen LogP contribution >= 0.6 is 0 Å². The molecular formula is C29H32N2O7. The molecule has 3 aromatic carbocycles. The van der Waals surface area contributed by atoms with Crippen LogP contribution in [-0.2, 0) is 16.1 Å². The Hall–Kier alpha value is -4.53. The van der Waals surface area contributed by atoms with E-state index in [1.165, 1.54) is 28.3 Å². The minimum atomic E-state index is -1.07. The van der Waals surface area contributed by atoms with E-state index in [0.29, 0.717) is 28.4 Å². The number of hydrogen-bond donors (Lipinski definition) is 3. The molecule has 0 fully saturated rings. The van der Waals surface area contributed by atoms with Gasteiger partial charge in [0.25, 0.3) is 5.91 Å². The number of rotatable bonds is 12. The lowest BCUT2D eigenvalue weighted by molar-refractivity contribution is -0.141. The average Bonchev–Trinajstić information content (AvgIpc) is 2.95. The molecule has 2 atom stereocenters. The van der Waals surface area contributed by atoms with Crippen molar-refractivity contribution in [1.29, 1.82) is 0 Å². The molecule has 0 spiro atoms. The minimum Gasteiger partial charge on any atom is -0.493 e. The van der Waals surface area contributed by atoms with Gasteiger partial charge in [-0.25, -0.2) is 0 Å². The summed E-state index contributed by atoms with van der Waals surface area (Å²) in [6, 6.07) is 19.0. The van der Waals surface area contributed by atoms with Crippen molar-refractivity contribution in [3.8, 4) is 28.4 Å². The highest BCUT2D eigenvalue weighted by Crippen LogP contribution is 2.38. The van der Waals surface area contributed by atoms with Crippen molar-refractivity contribution in [2.24, 2.45) is 5.92 Å². The first-order valence-electron chi connectivity index (χ1n) is 12.0. The van der Waals surface area contributed by atoms with Crippen LogP contribution in [-0.4, -0.2) is 50.3 Å². The fourth-order valence-corrected chi connectivity index (χ4v) is 3.92. The van der Waals surface area contributed by atoms with Gasteiger partial charge in [0.05, 0.1) is 27.2 Å². The number of carboxylic acids is 1. The number of ether oxygens (including phenoxy) is 3. The topological polar surface area (TPSA) is 123 Å². The van der Waals surface area contributed by atoms with Gasteiger partial charge in [-0.05, 0) is 47.4 Å². The van der Waals surface area contributed by atoms with Gasteiger partial charge in [0.2, 0.25) is 11.7 Å². The number of benzene rings is 3. The third-order valence-corrected chi connectivity index (χ3v) is 6.08. The smallest absolute Gasteiger partial charge is 0.306 e. The number of amides is 2. The fourth-order valence-electron chi connectivity index (χ4n) is 3.92. The maximum absolute atomic E-state index is 13.1. The molecule has 3 rings (SSSR count). The van der Waals surface area contributed by atoms with Gasteiger partial charge >= 0.3 is 5.97 Å². The van der Waals surface area contributed by atoms with E-state index in [-0.39, 0.29) is 13.0 Å². The van der Waals surface area contributed by atoms with Crippen LogP contribution in [0.3, 0.4) is 0 Å². The van der Waals surface area contributed by atoms with Crippen LogP contribution < -0.4 is 24.8 Å². The van der Waals surface area contributed by atoms with E-state index in [9.17, 15) is 19.5 Å². The molecular weight excluding hydrogens is 488 g/mol. The minimum absolute atomic E-state index is 0.0791. The van der Waals surface area contributed by atoms with Crippen LogP contribution in [0.2, 0.25) is 0 Å². The molecule has 0 radical (unpaired) electrons. The van der Waals surface area contributed by atoms with Crippen LogP contribution in [0.5, 0.6) is 17.2 Å². The Morgan fingerprint density at radius 1 is 0.842 bits per heavy atom. The summed E-state index contributed by atoms with van der Waals surface area (Å²) in [6.45, 7) is 1.58.